The zero-order valence-electron chi connectivity index (χ0n) is 22.1. The van der Waals surface area contributed by atoms with Gasteiger partial charge in [-0.25, -0.2) is 20.2 Å². The van der Waals surface area contributed by atoms with E-state index < -0.39 is 5.82 Å². The second-order valence-corrected chi connectivity index (χ2v) is 9.75. The summed E-state index contributed by atoms with van der Waals surface area (Å²) in [5.74, 6) is 5.79. The van der Waals surface area contributed by atoms with Gasteiger partial charge in [0, 0.05) is 23.9 Å². The number of fused-ring (bicyclic) bond motifs is 1. The highest BCUT2D eigenvalue weighted by atomic mass is 32.1. The van der Waals surface area contributed by atoms with Gasteiger partial charge in [0.2, 0.25) is 5.95 Å². The summed E-state index contributed by atoms with van der Waals surface area (Å²) in [6, 6.07) is 15.9. The Morgan fingerprint density at radius 3 is 2.63 bits per heavy atom. The topological polar surface area (TPSA) is 110 Å². The first-order chi connectivity index (χ1) is 18.4. The molecule has 0 aliphatic carbocycles. The van der Waals surface area contributed by atoms with Gasteiger partial charge < -0.3 is 16.1 Å². The molecule has 2 aromatic carbocycles. The summed E-state index contributed by atoms with van der Waals surface area (Å²) >= 11 is 1.48. The lowest BCUT2D eigenvalue weighted by Gasteiger charge is -2.13. The number of hydrogen-bond acceptors (Lipinski definition) is 8. The summed E-state index contributed by atoms with van der Waals surface area (Å²) in [5, 5.41) is 5.64. The second-order valence-electron chi connectivity index (χ2n) is 8.70. The van der Waals surface area contributed by atoms with Gasteiger partial charge in [0.05, 0.1) is 17.6 Å². The Morgan fingerprint density at radius 2 is 1.92 bits per heavy atom. The number of carbonyl (C=O) groups excluding carboxylic acids is 1. The number of hydrogen-bond donors (Lipinski definition) is 3. The quantitative estimate of drug-likeness (QED) is 0.175. The van der Waals surface area contributed by atoms with Gasteiger partial charge in [0.15, 0.2) is 5.82 Å². The van der Waals surface area contributed by atoms with Crippen molar-refractivity contribution in [3.8, 4) is 21.7 Å². The van der Waals surface area contributed by atoms with Crippen molar-refractivity contribution in [1.82, 2.24) is 15.0 Å². The number of allylic oxidation sites excluding steroid dienone is 1. The van der Waals surface area contributed by atoms with Gasteiger partial charge >= 0.3 is 0 Å². The van der Waals surface area contributed by atoms with Crippen molar-refractivity contribution >= 4 is 33.2 Å². The van der Waals surface area contributed by atoms with Gasteiger partial charge in [-0.05, 0) is 55.0 Å². The van der Waals surface area contributed by atoms with Gasteiger partial charge in [-0.15, -0.1) is 11.3 Å². The van der Waals surface area contributed by atoms with Gasteiger partial charge in [-0.3, -0.25) is 4.79 Å². The summed E-state index contributed by atoms with van der Waals surface area (Å²) in [5.41, 5.74) is 8.28. The van der Waals surface area contributed by atoms with Crippen LogP contribution in [0.5, 0.6) is 0 Å². The largest absolute Gasteiger partial charge is 0.352 e. The van der Waals surface area contributed by atoms with Gasteiger partial charge in [0.25, 0.3) is 0 Å². The number of rotatable bonds is 10. The number of benzene rings is 2. The van der Waals surface area contributed by atoms with Crippen LogP contribution in [0.1, 0.15) is 32.8 Å². The number of nitrogens with one attached hydrogen (secondary N) is 1. The smallest absolute Gasteiger partial charge is 0.223 e. The molecule has 0 aliphatic rings. The molecule has 0 unspecified atom stereocenters. The maximum absolute atomic E-state index is 14.7. The highest BCUT2D eigenvalue weighted by molar-refractivity contribution is 7.22. The van der Waals surface area contributed by atoms with E-state index in [0.29, 0.717) is 30.3 Å². The van der Waals surface area contributed by atoms with Crippen LogP contribution in [0, 0.1) is 5.82 Å². The standard InChI is InChI=1S/C26H26FN5OS.C3H9N/c1-3-12-32(28)13-11-29-26-30-16-22(27)24(31-26)23-15-19-8-6-10-21(25(19)34-23)20-9-5-4-7-18(20)14-17(2)33;1-2-3-4/h3-10,12,15-16H,11,13-14,28H2,1-2H3,(H,29,30,31);2-4H2,1H3/b12-3-;. The maximum Gasteiger partial charge on any atom is 0.223 e. The Labute approximate surface area is 227 Å². The molecule has 4 aromatic rings. The molecule has 0 amide bonds. The van der Waals surface area contributed by atoms with Crippen LogP contribution < -0.4 is 16.9 Å². The molecule has 38 heavy (non-hydrogen) atoms. The summed E-state index contributed by atoms with van der Waals surface area (Å²) in [6.45, 7) is 7.42. The Morgan fingerprint density at radius 1 is 1.18 bits per heavy atom. The minimum absolute atomic E-state index is 0.109. The summed E-state index contributed by atoms with van der Waals surface area (Å²) in [6.07, 6.45) is 6.27. The van der Waals surface area contributed by atoms with Crippen molar-refractivity contribution in [2.45, 2.75) is 33.6 Å². The number of aromatic nitrogens is 2. The van der Waals surface area contributed by atoms with E-state index in [0.717, 1.165) is 39.7 Å². The van der Waals surface area contributed by atoms with Gasteiger partial charge in [0.1, 0.15) is 11.5 Å². The molecule has 0 saturated heterocycles. The fraction of sp³-hybridized carbons (Fsp3) is 0.276. The number of hydrazine groups is 1. The normalized spacial score (nSPS) is 10.9. The molecule has 0 aliphatic heterocycles. The SMILES string of the molecule is C/C=C\N(N)CCNc1ncc(F)c(-c2cc3cccc(-c4ccccc4CC(C)=O)c3s2)n1.CCCN. The Hall–Kier alpha value is -3.66. The number of anilines is 1. The molecule has 9 heteroatoms. The molecule has 7 nitrogen and oxygen atoms in total. The number of carbonyl (C=O) groups is 1. The minimum Gasteiger partial charge on any atom is -0.352 e. The molecule has 2 heterocycles. The van der Waals surface area contributed by atoms with E-state index in [2.05, 4.69) is 22.2 Å². The van der Waals surface area contributed by atoms with Crippen molar-refractivity contribution in [2.24, 2.45) is 11.6 Å². The molecular weight excluding hydrogens is 499 g/mol. The number of nitrogens with zero attached hydrogens (tertiary/aromatic N) is 3. The number of Topliss-reactive ketones (excluding diaryl/α,β-unsaturated/α-hetero) is 1. The monoisotopic (exact) mass is 534 g/mol. The molecule has 0 spiro atoms. The molecular formula is C29H35FN6OS. The molecule has 0 atom stereocenters. The molecule has 2 aromatic heterocycles. The number of thiophene rings is 1. The highest BCUT2D eigenvalue weighted by Crippen LogP contribution is 2.40. The third-order valence-electron chi connectivity index (χ3n) is 5.55. The van der Waals surface area contributed by atoms with Crippen LogP contribution in [0.2, 0.25) is 0 Å². The molecule has 200 valence electrons. The summed E-state index contributed by atoms with van der Waals surface area (Å²) < 4.78 is 15.8. The van der Waals surface area contributed by atoms with Crippen LogP contribution in [-0.2, 0) is 11.2 Å². The van der Waals surface area contributed by atoms with E-state index in [1.54, 1.807) is 18.1 Å². The van der Waals surface area contributed by atoms with E-state index >= 15 is 0 Å². The minimum atomic E-state index is -0.481. The van der Waals surface area contributed by atoms with Crippen LogP contribution in [0.25, 0.3) is 31.8 Å². The lowest BCUT2D eigenvalue weighted by atomic mass is 9.96. The van der Waals surface area contributed by atoms with Gasteiger partial charge in [-0.1, -0.05) is 55.5 Å². The van der Waals surface area contributed by atoms with E-state index in [9.17, 15) is 9.18 Å². The van der Waals surface area contributed by atoms with Crippen LogP contribution in [0.4, 0.5) is 10.3 Å². The molecule has 5 N–H and O–H groups in total. The first-order valence-corrected chi connectivity index (χ1v) is 13.4. The molecule has 4 rings (SSSR count). The van der Waals surface area contributed by atoms with E-state index in [4.69, 9.17) is 11.6 Å². The van der Waals surface area contributed by atoms with Gasteiger partial charge in [-0.2, -0.15) is 0 Å². The lowest BCUT2D eigenvalue weighted by molar-refractivity contribution is -0.116. The van der Waals surface area contributed by atoms with Crippen molar-refractivity contribution in [2.75, 3.05) is 25.0 Å². The Kier molecular flexibility index (Phi) is 10.9. The first kappa shape index (κ1) is 28.9. The van der Waals surface area contributed by atoms with Crippen molar-refractivity contribution in [3.63, 3.8) is 0 Å². The lowest BCUT2D eigenvalue weighted by Crippen LogP contribution is -2.30. The second kappa shape index (κ2) is 14.3. The number of ketones is 1. The highest BCUT2D eigenvalue weighted by Gasteiger charge is 2.16. The number of halogens is 1. The zero-order chi connectivity index (χ0) is 27.5. The predicted molar refractivity (Wildman–Crippen MR) is 156 cm³/mol. The van der Waals surface area contributed by atoms with Crippen molar-refractivity contribution < 1.29 is 9.18 Å². The molecule has 0 bridgehead atoms. The Balaban J connectivity index is 0.000000934. The average Bonchev–Trinajstić information content (AvgIpc) is 3.34. The van der Waals surface area contributed by atoms with Crippen LogP contribution in [-0.4, -0.2) is 40.4 Å². The van der Waals surface area contributed by atoms with Crippen LogP contribution >= 0.6 is 11.3 Å². The maximum atomic E-state index is 14.7. The van der Waals surface area contributed by atoms with Crippen LogP contribution in [0.15, 0.2) is 67.0 Å². The predicted octanol–water partition coefficient (Wildman–Crippen LogP) is 5.77. The summed E-state index contributed by atoms with van der Waals surface area (Å²) in [4.78, 5) is 21.0. The van der Waals surface area contributed by atoms with Crippen molar-refractivity contribution in [1.29, 1.82) is 0 Å². The molecule has 0 saturated carbocycles. The zero-order valence-corrected chi connectivity index (χ0v) is 22.9. The number of nitrogens with two attached hydrogens (primary N) is 2. The third kappa shape index (κ3) is 7.67. The fourth-order valence-corrected chi connectivity index (χ4v) is 4.96. The van der Waals surface area contributed by atoms with Crippen molar-refractivity contribution in [3.05, 3.63) is 78.4 Å². The molecule has 0 fully saturated rings. The molecule has 0 radical (unpaired) electrons. The summed E-state index contributed by atoms with van der Waals surface area (Å²) in [7, 11) is 0. The van der Waals surface area contributed by atoms with E-state index in [1.807, 2.05) is 61.5 Å². The Bertz CT molecular complexity index is 1380. The van der Waals surface area contributed by atoms with Crippen LogP contribution in [0.3, 0.4) is 0 Å². The first-order valence-electron chi connectivity index (χ1n) is 12.6. The third-order valence-corrected chi connectivity index (χ3v) is 6.74. The average molecular weight is 535 g/mol. The fourth-order valence-electron chi connectivity index (χ4n) is 3.79. The van der Waals surface area contributed by atoms with E-state index in [-0.39, 0.29) is 11.5 Å². The van der Waals surface area contributed by atoms with E-state index in [1.165, 1.54) is 17.5 Å².